The summed E-state index contributed by atoms with van der Waals surface area (Å²) in [7, 11) is 1.32. The molecule has 1 rings (SSSR count). The first kappa shape index (κ1) is 11.9. The summed E-state index contributed by atoms with van der Waals surface area (Å²) in [5, 5.41) is 0. The molecular weight excluding hydrogens is 192 g/mol. The summed E-state index contributed by atoms with van der Waals surface area (Å²) in [5.74, 6) is -0.440. The van der Waals surface area contributed by atoms with Crippen molar-refractivity contribution in [1.82, 2.24) is 4.98 Å². The van der Waals surface area contributed by atoms with Crippen LogP contribution in [0.4, 0.5) is 0 Å². The van der Waals surface area contributed by atoms with Crippen LogP contribution in [0.3, 0.4) is 0 Å². The van der Waals surface area contributed by atoms with Crippen LogP contribution in [0, 0.1) is 0 Å². The Morgan fingerprint density at radius 1 is 1.62 bits per heavy atom. The van der Waals surface area contributed by atoms with Crippen molar-refractivity contribution in [1.29, 1.82) is 0 Å². The second kappa shape index (κ2) is 5.50. The molecular formula is C8H11ClN2O2. The lowest BCUT2D eigenvalue weighted by Gasteiger charge is -1.99. The number of carbonyl (C=O) groups excluding carboxylic acids is 1. The van der Waals surface area contributed by atoms with Gasteiger partial charge in [0.1, 0.15) is 5.69 Å². The second-order valence-electron chi connectivity index (χ2n) is 2.21. The van der Waals surface area contributed by atoms with Gasteiger partial charge in [-0.2, -0.15) is 0 Å². The number of aromatic nitrogens is 1. The number of pyridine rings is 1. The quantitative estimate of drug-likeness (QED) is 0.719. The Hall–Kier alpha value is -1.13. The Labute approximate surface area is 82.5 Å². The first-order valence-electron chi connectivity index (χ1n) is 3.52. The van der Waals surface area contributed by atoms with Crippen molar-refractivity contribution < 1.29 is 9.53 Å². The average Bonchev–Trinajstić information content (AvgIpc) is 2.17. The van der Waals surface area contributed by atoms with Crippen LogP contribution in [0.2, 0.25) is 0 Å². The lowest BCUT2D eigenvalue weighted by atomic mass is 10.3. The molecule has 1 aromatic rings. The fourth-order valence-electron chi connectivity index (χ4n) is 0.812. The number of methoxy groups -OCH3 is 1. The van der Waals surface area contributed by atoms with Gasteiger partial charge in [-0.1, -0.05) is 6.07 Å². The summed E-state index contributed by atoms with van der Waals surface area (Å²) in [6.45, 7) is 0.324. The van der Waals surface area contributed by atoms with Gasteiger partial charge in [0, 0.05) is 6.54 Å². The summed E-state index contributed by atoms with van der Waals surface area (Å²) in [5.41, 5.74) is 6.32. The van der Waals surface area contributed by atoms with Crippen molar-refractivity contribution in [2.24, 2.45) is 5.73 Å². The molecule has 0 aliphatic rings. The Morgan fingerprint density at radius 3 is 2.85 bits per heavy atom. The minimum Gasteiger partial charge on any atom is -0.464 e. The molecule has 2 N–H and O–H groups in total. The van der Waals surface area contributed by atoms with Crippen LogP contribution in [0.15, 0.2) is 18.2 Å². The molecule has 0 spiro atoms. The summed E-state index contributed by atoms with van der Waals surface area (Å²) >= 11 is 0. The van der Waals surface area contributed by atoms with Gasteiger partial charge in [-0.25, -0.2) is 9.78 Å². The molecule has 0 saturated heterocycles. The van der Waals surface area contributed by atoms with Gasteiger partial charge < -0.3 is 10.5 Å². The predicted molar refractivity (Wildman–Crippen MR) is 50.7 cm³/mol. The van der Waals surface area contributed by atoms with Gasteiger partial charge in [0.15, 0.2) is 0 Å². The zero-order valence-electron chi connectivity index (χ0n) is 7.19. The van der Waals surface area contributed by atoms with Gasteiger partial charge in [0.05, 0.1) is 12.8 Å². The van der Waals surface area contributed by atoms with E-state index < -0.39 is 5.97 Å². The van der Waals surface area contributed by atoms with Crippen LogP contribution in [0.5, 0.6) is 0 Å². The molecule has 72 valence electrons. The van der Waals surface area contributed by atoms with E-state index in [9.17, 15) is 4.79 Å². The maximum absolute atomic E-state index is 11.0. The monoisotopic (exact) mass is 202 g/mol. The molecule has 0 atom stereocenters. The van der Waals surface area contributed by atoms with Crippen LogP contribution in [-0.2, 0) is 11.3 Å². The van der Waals surface area contributed by atoms with Crippen molar-refractivity contribution in [3.63, 3.8) is 0 Å². The smallest absolute Gasteiger partial charge is 0.356 e. The summed E-state index contributed by atoms with van der Waals surface area (Å²) < 4.78 is 4.49. The number of nitrogens with zero attached hydrogens (tertiary/aromatic N) is 1. The predicted octanol–water partition coefficient (Wildman–Crippen LogP) is 0.749. The van der Waals surface area contributed by atoms with Gasteiger partial charge in [0.2, 0.25) is 0 Å². The highest BCUT2D eigenvalue weighted by Crippen LogP contribution is 1.99. The Bertz CT molecular complexity index is 291. The van der Waals surface area contributed by atoms with Crippen LogP contribution in [0.25, 0.3) is 0 Å². The summed E-state index contributed by atoms with van der Waals surface area (Å²) in [6, 6.07) is 5.07. The number of hydrogen-bond acceptors (Lipinski definition) is 4. The molecule has 0 bridgehead atoms. The zero-order valence-corrected chi connectivity index (χ0v) is 8.00. The average molecular weight is 203 g/mol. The van der Waals surface area contributed by atoms with E-state index >= 15 is 0 Å². The first-order valence-corrected chi connectivity index (χ1v) is 3.52. The van der Waals surface area contributed by atoms with Gasteiger partial charge in [-0.15, -0.1) is 12.4 Å². The van der Waals surface area contributed by atoms with Crippen LogP contribution >= 0.6 is 12.4 Å². The van der Waals surface area contributed by atoms with Crippen LogP contribution in [0.1, 0.15) is 16.2 Å². The molecule has 4 nitrogen and oxygen atoms in total. The highest BCUT2D eigenvalue weighted by Gasteiger charge is 2.05. The van der Waals surface area contributed by atoms with Gasteiger partial charge in [0.25, 0.3) is 0 Å². The maximum Gasteiger partial charge on any atom is 0.356 e. The van der Waals surface area contributed by atoms with Crippen LogP contribution in [-0.4, -0.2) is 18.1 Å². The molecule has 0 saturated carbocycles. The van der Waals surface area contributed by atoms with Crippen molar-refractivity contribution in [2.75, 3.05) is 7.11 Å². The number of esters is 1. The SMILES string of the molecule is COC(=O)c1cccc(CN)n1.Cl. The normalized spacial score (nSPS) is 8.77. The number of hydrogen-bond donors (Lipinski definition) is 1. The van der Waals surface area contributed by atoms with Gasteiger partial charge in [-0.3, -0.25) is 0 Å². The van der Waals surface area contributed by atoms with Gasteiger partial charge >= 0.3 is 5.97 Å². The number of carbonyl (C=O) groups is 1. The number of ether oxygens (including phenoxy) is 1. The largest absolute Gasteiger partial charge is 0.464 e. The number of halogens is 1. The molecule has 1 aromatic heterocycles. The van der Waals surface area contributed by atoms with Crippen molar-refractivity contribution in [3.05, 3.63) is 29.6 Å². The molecule has 0 aromatic carbocycles. The molecule has 0 aliphatic carbocycles. The van der Waals surface area contributed by atoms with E-state index in [2.05, 4.69) is 9.72 Å². The fourth-order valence-corrected chi connectivity index (χ4v) is 0.812. The first-order chi connectivity index (χ1) is 5.77. The van der Waals surface area contributed by atoms with E-state index in [1.165, 1.54) is 7.11 Å². The van der Waals surface area contributed by atoms with E-state index in [-0.39, 0.29) is 12.4 Å². The van der Waals surface area contributed by atoms with Crippen LogP contribution < -0.4 is 5.73 Å². The molecule has 0 radical (unpaired) electrons. The van der Waals surface area contributed by atoms with E-state index in [0.29, 0.717) is 17.9 Å². The Morgan fingerprint density at radius 2 is 2.31 bits per heavy atom. The lowest BCUT2D eigenvalue weighted by molar-refractivity contribution is 0.0593. The molecule has 0 amide bonds. The fraction of sp³-hybridized carbons (Fsp3) is 0.250. The maximum atomic E-state index is 11.0. The minimum atomic E-state index is -0.440. The molecule has 0 unspecified atom stereocenters. The van der Waals surface area contributed by atoms with E-state index in [0.717, 1.165) is 0 Å². The second-order valence-corrected chi connectivity index (χ2v) is 2.21. The van der Waals surface area contributed by atoms with Crippen molar-refractivity contribution in [3.8, 4) is 0 Å². The Kier molecular flexibility index (Phi) is 5.03. The van der Waals surface area contributed by atoms with Crippen molar-refractivity contribution >= 4 is 18.4 Å². The van der Waals surface area contributed by atoms with E-state index in [1.54, 1.807) is 18.2 Å². The molecule has 1 heterocycles. The molecule has 13 heavy (non-hydrogen) atoms. The number of nitrogens with two attached hydrogens (primary N) is 1. The summed E-state index contributed by atoms with van der Waals surface area (Å²) in [6.07, 6.45) is 0. The standard InChI is InChI=1S/C8H10N2O2.ClH/c1-12-8(11)7-4-2-3-6(5-9)10-7;/h2-4H,5,9H2,1H3;1H. The van der Waals surface area contributed by atoms with E-state index in [1.807, 2.05) is 0 Å². The molecule has 5 heteroatoms. The van der Waals surface area contributed by atoms with E-state index in [4.69, 9.17) is 5.73 Å². The zero-order chi connectivity index (χ0) is 8.97. The Balaban J connectivity index is 0.00000144. The van der Waals surface area contributed by atoms with Gasteiger partial charge in [-0.05, 0) is 12.1 Å². The minimum absolute atomic E-state index is 0. The summed E-state index contributed by atoms with van der Waals surface area (Å²) in [4.78, 5) is 14.9. The molecule has 0 aliphatic heterocycles. The highest BCUT2D eigenvalue weighted by atomic mass is 35.5. The third-order valence-corrected chi connectivity index (χ3v) is 1.41. The molecule has 0 fully saturated rings. The number of rotatable bonds is 2. The highest BCUT2D eigenvalue weighted by molar-refractivity contribution is 5.87. The lowest BCUT2D eigenvalue weighted by Crippen LogP contribution is -2.07. The van der Waals surface area contributed by atoms with Crippen molar-refractivity contribution in [2.45, 2.75) is 6.54 Å². The third-order valence-electron chi connectivity index (χ3n) is 1.41. The third kappa shape index (κ3) is 3.01. The topological polar surface area (TPSA) is 65.2 Å².